The molecule has 0 aliphatic carbocycles. The summed E-state index contributed by atoms with van der Waals surface area (Å²) in [5.74, 6) is 0. The molecule has 1 rings (SSSR count). The van der Waals surface area contributed by atoms with Crippen molar-refractivity contribution in [1.82, 2.24) is 0 Å². The lowest BCUT2D eigenvalue weighted by Gasteiger charge is -2.19. The molecule has 3 nitrogen and oxygen atoms in total. The summed E-state index contributed by atoms with van der Waals surface area (Å²) in [5, 5.41) is 8.57. The molecule has 0 amide bonds. The number of rotatable bonds is 3. The monoisotopic (exact) mass is 175 g/mol. The summed E-state index contributed by atoms with van der Waals surface area (Å²) in [5.41, 5.74) is 7.35. The zero-order valence-electron chi connectivity index (χ0n) is 7.70. The van der Waals surface area contributed by atoms with Gasteiger partial charge in [0.05, 0.1) is 6.07 Å². The quantitative estimate of drug-likeness (QED) is 0.561. The van der Waals surface area contributed by atoms with E-state index in [-0.39, 0.29) is 0 Å². The van der Waals surface area contributed by atoms with Crippen LogP contribution in [-0.2, 0) is 0 Å². The second-order valence-corrected chi connectivity index (χ2v) is 2.76. The minimum absolute atomic E-state index is 0.417. The molecule has 1 aromatic carbocycles. The summed E-state index contributed by atoms with van der Waals surface area (Å²) < 4.78 is 0. The third-order valence-electron chi connectivity index (χ3n) is 1.90. The second kappa shape index (κ2) is 4.36. The zero-order chi connectivity index (χ0) is 9.68. The van der Waals surface area contributed by atoms with E-state index in [1.54, 1.807) is 0 Å². The Balaban J connectivity index is 2.80. The summed E-state index contributed by atoms with van der Waals surface area (Å²) >= 11 is 0. The van der Waals surface area contributed by atoms with E-state index in [0.29, 0.717) is 6.54 Å². The summed E-state index contributed by atoms with van der Waals surface area (Å²) in [4.78, 5) is 1.99. The van der Waals surface area contributed by atoms with Crippen LogP contribution >= 0.6 is 0 Å². The summed E-state index contributed by atoms with van der Waals surface area (Å²) in [6.07, 6.45) is 0. The fourth-order valence-electron chi connectivity index (χ4n) is 1.16. The Bertz CT molecular complexity index is 297. The molecule has 68 valence electrons. The molecule has 3 heteroatoms. The number of nitrogen functional groups attached to an aromatic ring is 1. The molecule has 0 radical (unpaired) electrons. The Morgan fingerprint density at radius 2 is 2.00 bits per heavy atom. The van der Waals surface area contributed by atoms with Gasteiger partial charge in [-0.05, 0) is 31.2 Å². The Hall–Kier alpha value is -1.69. The van der Waals surface area contributed by atoms with E-state index in [2.05, 4.69) is 6.07 Å². The molecule has 1 aromatic rings. The largest absolute Gasteiger partial charge is 0.399 e. The minimum Gasteiger partial charge on any atom is -0.399 e. The maximum absolute atomic E-state index is 8.57. The Morgan fingerprint density at radius 3 is 2.46 bits per heavy atom. The predicted molar refractivity (Wildman–Crippen MR) is 54.4 cm³/mol. The van der Waals surface area contributed by atoms with E-state index >= 15 is 0 Å². The van der Waals surface area contributed by atoms with Gasteiger partial charge in [-0.25, -0.2) is 0 Å². The summed E-state index contributed by atoms with van der Waals surface area (Å²) in [6, 6.07) is 9.67. The highest BCUT2D eigenvalue weighted by Gasteiger charge is 2.01. The lowest BCUT2D eigenvalue weighted by atomic mass is 10.2. The van der Waals surface area contributed by atoms with Gasteiger partial charge >= 0.3 is 0 Å². The summed E-state index contributed by atoms with van der Waals surface area (Å²) in [6.45, 7) is 3.27. The highest BCUT2D eigenvalue weighted by Crippen LogP contribution is 2.15. The van der Waals surface area contributed by atoms with Crippen LogP contribution < -0.4 is 10.6 Å². The van der Waals surface area contributed by atoms with E-state index < -0.39 is 0 Å². The highest BCUT2D eigenvalue weighted by molar-refractivity contribution is 5.53. The normalized spacial score (nSPS) is 9.23. The standard InChI is InChI=1S/C10H13N3/c1-2-13(8-7-11)10-5-3-9(12)4-6-10/h3-6H,2,8,12H2,1H3. The van der Waals surface area contributed by atoms with Crippen LogP contribution in [0.15, 0.2) is 24.3 Å². The molecule has 0 unspecified atom stereocenters. The van der Waals surface area contributed by atoms with E-state index in [1.807, 2.05) is 36.1 Å². The van der Waals surface area contributed by atoms with Gasteiger partial charge in [0.2, 0.25) is 0 Å². The lowest BCUT2D eigenvalue weighted by Crippen LogP contribution is -2.22. The van der Waals surface area contributed by atoms with E-state index in [9.17, 15) is 0 Å². The van der Waals surface area contributed by atoms with E-state index in [4.69, 9.17) is 11.0 Å². The third kappa shape index (κ3) is 2.38. The van der Waals surface area contributed by atoms with E-state index in [1.165, 1.54) is 0 Å². The molecule has 0 spiro atoms. The van der Waals surface area contributed by atoms with Crippen LogP contribution in [0.5, 0.6) is 0 Å². The van der Waals surface area contributed by atoms with Gasteiger partial charge < -0.3 is 10.6 Å². The number of hydrogen-bond donors (Lipinski definition) is 1. The van der Waals surface area contributed by atoms with Crippen molar-refractivity contribution in [3.05, 3.63) is 24.3 Å². The van der Waals surface area contributed by atoms with Gasteiger partial charge in [0.1, 0.15) is 6.54 Å². The molecule has 0 saturated heterocycles. The van der Waals surface area contributed by atoms with Crippen molar-refractivity contribution in [2.45, 2.75) is 6.92 Å². The summed E-state index contributed by atoms with van der Waals surface area (Å²) in [7, 11) is 0. The lowest BCUT2D eigenvalue weighted by molar-refractivity contribution is 0.912. The molecule has 0 saturated carbocycles. The van der Waals surface area contributed by atoms with Crippen molar-refractivity contribution in [3.8, 4) is 6.07 Å². The molecule has 2 N–H and O–H groups in total. The topological polar surface area (TPSA) is 53.0 Å². The van der Waals surface area contributed by atoms with Gasteiger partial charge in [0, 0.05) is 17.9 Å². The fourth-order valence-corrected chi connectivity index (χ4v) is 1.16. The zero-order valence-corrected chi connectivity index (χ0v) is 7.70. The maximum atomic E-state index is 8.57. The molecular formula is C10H13N3. The molecule has 0 fully saturated rings. The van der Waals surface area contributed by atoms with Gasteiger partial charge in [-0.2, -0.15) is 5.26 Å². The van der Waals surface area contributed by atoms with Crippen LogP contribution in [0.2, 0.25) is 0 Å². The number of benzene rings is 1. The number of nitrogens with zero attached hydrogens (tertiary/aromatic N) is 2. The van der Waals surface area contributed by atoms with Crippen LogP contribution in [0.1, 0.15) is 6.92 Å². The third-order valence-corrected chi connectivity index (χ3v) is 1.90. The van der Waals surface area contributed by atoms with Crippen molar-refractivity contribution in [2.75, 3.05) is 23.7 Å². The van der Waals surface area contributed by atoms with E-state index in [0.717, 1.165) is 17.9 Å². The fraction of sp³-hybridized carbons (Fsp3) is 0.300. The Morgan fingerprint density at radius 1 is 1.38 bits per heavy atom. The van der Waals surface area contributed by atoms with Crippen LogP contribution in [0, 0.1) is 11.3 Å². The molecule has 0 atom stereocenters. The first-order valence-electron chi connectivity index (χ1n) is 4.25. The van der Waals surface area contributed by atoms with Crippen molar-refractivity contribution < 1.29 is 0 Å². The van der Waals surface area contributed by atoms with Gasteiger partial charge in [-0.15, -0.1) is 0 Å². The SMILES string of the molecule is CCN(CC#N)c1ccc(N)cc1. The van der Waals surface area contributed by atoms with Crippen LogP contribution in [0.25, 0.3) is 0 Å². The van der Waals surface area contributed by atoms with Crippen molar-refractivity contribution >= 4 is 11.4 Å². The average Bonchev–Trinajstić information content (AvgIpc) is 2.16. The highest BCUT2D eigenvalue weighted by atomic mass is 15.1. The minimum atomic E-state index is 0.417. The van der Waals surface area contributed by atoms with Crippen molar-refractivity contribution in [1.29, 1.82) is 5.26 Å². The smallest absolute Gasteiger partial charge is 0.105 e. The molecular weight excluding hydrogens is 162 g/mol. The number of anilines is 2. The maximum Gasteiger partial charge on any atom is 0.105 e. The van der Waals surface area contributed by atoms with Gasteiger partial charge in [0.25, 0.3) is 0 Å². The average molecular weight is 175 g/mol. The predicted octanol–water partition coefficient (Wildman–Crippen LogP) is 1.62. The number of hydrogen-bond acceptors (Lipinski definition) is 3. The first-order valence-corrected chi connectivity index (χ1v) is 4.25. The first-order chi connectivity index (χ1) is 6.27. The number of nitriles is 1. The molecule has 0 aliphatic heterocycles. The Kier molecular flexibility index (Phi) is 3.15. The van der Waals surface area contributed by atoms with Crippen LogP contribution in [0.3, 0.4) is 0 Å². The van der Waals surface area contributed by atoms with Gasteiger partial charge in [-0.3, -0.25) is 0 Å². The van der Waals surface area contributed by atoms with Crippen LogP contribution in [0.4, 0.5) is 11.4 Å². The number of nitrogens with two attached hydrogens (primary N) is 1. The molecule has 0 aromatic heterocycles. The Labute approximate surface area is 78.4 Å². The molecule has 0 heterocycles. The van der Waals surface area contributed by atoms with Crippen molar-refractivity contribution in [3.63, 3.8) is 0 Å². The van der Waals surface area contributed by atoms with Gasteiger partial charge in [-0.1, -0.05) is 0 Å². The van der Waals surface area contributed by atoms with Gasteiger partial charge in [0.15, 0.2) is 0 Å². The molecule has 0 bridgehead atoms. The molecule has 13 heavy (non-hydrogen) atoms. The van der Waals surface area contributed by atoms with Crippen LogP contribution in [-0.4, -0.2) is 13.1 Å². The molecule has 0 aliphatic rings. The van der Waals surface area contributed by atoms with Crippen molar-refractivity contribution in [2.24, 2.45) is 0 Å². The first kappa shape index (κ1) is 9.40. The second-order valence-electron chi connectivity index (χ2n) is 2.76.